The summed E-state index contributed by atoms with van der Waals surface area (Å²) in [6.07, 6.45) is 4.84. The third-order valence-electron chi connectivity index (χ3n) is 3.97. The largest absolute Gasteiger partial charge is 0.344 e. The standard InChI is InChI=1S/C15H19ClO3S/c16-12-5-3-11(4-6-12)14(20)9-13-10-17-15(19-18-13)7-1-2-8-15/h3-6,13-14,20H,1-2,7-10H2. The predicted octanol–water partition coefficient (Wildman–Crippen LogP) is 4.32. The van der Waals surface area contributed by atoms with Crippen LogP contribution in [0.2, 0.25) is 5.02 Å². The number of benzene rings is 1. The van der Waals surface area contributed by atoms with E-state index in [2.05, 4.69) is 12.6 Å². The molecule has 0 aromatic heterocycles. The van der Waals surface area contributed by atoms with E-state index < -0.39 is 5.79 Å². The van der Waals surface area contributed by atoms with E-state index in [4.69, 9.17) is 26.1 Å². The van der Waals surface area contributed by atoms with Crippen LogP contribution >= 0.6 is 24.2 Å². The van der Waals surface area contributed by atoms with Crippen LogP contribution in [-0.4, -0.2) is 18.5 Å². The molecule has 2 aliphatic rings. The molecular weight excluding hydrogens is 296 g/mol. The van der Waals surface area contributed by atoms with E-state index >= 15 is 0 Å². The van der Waals surface area contributed by atoms with Gasteiger partial charge < -0.3 is 4.74 Å². The highest BCUT2D eigenvalue weighted by molar-refractivity contribution is 7.80. The summed E-state index contributed by atoms with van der Waals surface area (Å²) in [7, 11) is 0. The third kappa shape index (κ3) is 3.31. The van der Waals surface area contributed by atoms with Gasteiger partial charge in [0, 0.05) is 23.1 Å². The first kappa shape index (κ1) is 14.7. The molecule has 0 radical (unpaired) electrons. The van der Waals surface area contributed by atoms with Gasteiger partial charge in [0.05, 0.1) is 6.61 Å². The summed E-state index contributed by atoms with van der Waals surface area (Å²) in [4.78, 5) is 11.0. The Hall–Kier alpha value is -0.260. The summed E-state index contributed by atoms with van der Waals surface area (Å²) < 4.78 is 5.89. The van der Waals surface area contributed by atoms with Crippen molar-refractivity contribution in [2.45, 2.75) is 49.2 Å². The maximum atomic E-state index is 5.89. The number of hydrogen-bond donors (Lipinski definition) is 1. The molecule has 2 atom stereocenters. The first-order valence-corrected chi connectivity index (χ1v) is 7.98. The molecule has 1 aromatic carbocycles. The van der Waals surface area contributed by atoms with Gasteiger partial charge in [0.25, 0.3) is 0 Å². The maximum Gasteiger partial charge on any atom is 0.201 e. The molecule has 110 valence electrons. The molecule has 1 aliphatic heterocycles. The van der Waals surface area contributed by atoms with Crippen molar-refractivity contribution in [3.8, 4) is 0 Å². The summed E-state index contributed by atoms with van der Waals surface area (Å²) in [6, 6.07) is 7.73. The minimum absolute atomic E-state index is 0.0700. The van der Waals surface area contributed by atoms with E-state index in [1.54, 1.807) is 0 Å². The molecule has 1 spiro atoms. The van der Waals surface area contributed by atoms with Crippen LogP contribution in [0, 0.1) is 0 Å². The fourth-order valence-electron chi connectivity index (χ4n) is 2.77. The van der Waals surface area contributed by atoms with Crippen LogP contribution in [0.1, 0.15) is 42.9 Å². The molecule has 1 saturated carbocycles. The number of ether oxygens (including phenoxy) is 1. The summed E-state index contributed by atoms with van der Waals surface area (Å²) in [6.45, 7) is 0.574. The molecule has 1 saturated heterocycles. The SMILES string of the molecule is SC(CC1COC2(CCCC2)OO1)c1ccc(Cl)cc1. The van der Waals surface area contributed by atoms with Gasteiger partial charge in [-0.05, 0) is 37.0 Å². The van der Waals surface area contributed by atoms with E-state index in [1.165, 1.54) is 0 Å². The zero-order valence-electron chi connectivity index (χ0n) is 11.3. The van der Waals surface area contributed by atoms with Crippen LogP contribution < -0.4 is 0 Å². The molecule has 0 N–H and O–H groups in total. The summed E-state index contributed by atoms with van der Waals surface area (Å²) in [5.74, 6) is -0.469. The van der Waals surface area contributed by atoms with Crippen molar-refractivity contribution >= 4 is 24.2 Å². The Morgan fingerprint density at radius 2 is 1.95 bits per heavy atom. The van der Waals surface area contributed by atoms with Crippen molar-refractivity contribution in [3.05, 3.63) is 34.9 Å². The summed E-state index contributed by atoms with van der Waals surface area (Å²) in [5, 5.41) is 0.820. The molecule has 2 fully saturated rings. The second kappa shape index (κ2) is 6.24. The lowest BCUT2D eigenvalue weighted by Crippen LogP contribution is -2.43. The van der Waals surface area contributed by atoms with Gasteiger partial charge in [-0.2, -0.15) is 12.6 Å². The van der Waals surface area contributed by atoms with E-state index in [0.29, 0.717) is 6.61 Å². The quantitative estimate of drug-likeness (QED) is 0.665. The molecule has 5 heteroatoms. The normalized spacial score (nSPS) is 26.8. The van der Waals surface area contributed by atoms with E-state index in [9.17, 15) is 0 Å². The van der Waals surface area contributed by atoms with Crippen LogP contribution in [0.15, 0.2) is 24.3 Å². The van der Waals surface area contributed by atoms with Gasteiger partial charge in [-0.15, -0.1) is 0 Å². The Morgan fingerprint density at radius 3 is 2.55 bits per heavy atom. The third-order valence-corrected chi connectivity index (χ3v) is 4.74. The van der Waals surface area contributed by atoms with Crippen molar-refractivity contribution in [1.82, 2.24) is 0 Å². The fraction of sp³-hybridized carbons (Fsp3) is 0.600. The Morgan fingerprint density at radius 1 is 1.25 bits per heavy atom. The molecule has 3 nitrogen and oxygen atoms in total. The minimum Gasteiger partial charge on any atom is -0.344 e. The molecule has 0 bridgehead atoms. The van der Waals surface area contributed by atoms with Gasteiger partial charge in [0.15, 0.2) is 0 Å². The smallest absolute Gasteiger partial charge is 0.201 e. The highest BCUT2D eigenvalue weighted by atomic mass is 35.5. The average molecular weight is 315 g/mol. The molecule has 1 aromatic rings. The second-order valence-corrected chi connectivity index (χ2v) is 6.59. The zero-order chi connectivity index (χ0) is 14.0. The van der Waals surface area contributed by atoms with Crippen LogP contribution in [0.3, 0.4) is 0 Å². The molecule has 0 amide bonds. The Kier molecular flexibility index (Phi) is 4.58. The van der Waals surface area contributed by atoms with Crippen molar-refractivity contribution in [2.24, 2.45) is 0 Å². The van der Waals surface area contributed by atoms with Gasteiger partial charge in [-0.25, -0.2) is 9.78 Å². The fourth-order valence-corrected chi connectivity index (χ4v) is 3.30. The molecule has 3 rings (SSSR count). The van der Waals surface area contributed by atoms with Gasteiger partial charge in [-0.1, -0.05) is 23.7 Å². The lowest BCUT2D eigenvalue weighted by molar-refractivity contribution is -0.484. The molecular formula is C15H19ClO3S. The number of rotatable bonds is 3. The Bertz CT molecular complexity index is 435. The number of halogens is 1. The lowest BCUT2D eigenvalue weighted by Gasteiger charge is -2.36. The van der Waals surface area contributed by atoms with Crippen LogP contribution in [-0.2, 0) is 14.5 Å². The average Bonchev–Trinajstić information content (AvgIpc) is 2.91. The minimum atomic E-state index is -0.469. The topological polar surface area (TPSA) is 27.7 Å². The van der Waals surface area contributed by atoms with Gasteiger partial charge in [0.1, 0.15) is 6.10 Å². The highest BCUT2D eigenvalue weighted by Crippen LogP contribution is 2.39. The summed E-state index contributed by atoms with van der Waals surface area (Å²) >= 11 is 10.5. The van der Waals surface area contributed by atoms with E-state index in [1.807, 2.05) is 24.3 Å². The lowest BCUT2D eigenvalue weighted by atomic mass is 10.1. The number of hydrogen-bond acceptors (Lipinski definition) is 4. The van der Waals surface area contributed by atoms with Gasteiger partial charge >= 0.3 is 0 Å². The monoisotopic (exact) mass is 314 g/mol. The first-order chi connectivity index (χ1) is 9.67. The molecule has 20 heavy (non-hydrogen) atoms. The molecule has 2 unspecified atom stereocenters. The predicted molar refractivity (Wildman–Crippen MR) is 80.9 cm³/mol. The highest BCUT2D eigenvalue weighted by Gasteiger charge is 2.42. The van der Waals surface area contributed by atoms with Crippen molar-refractivity contribution in [3.63, 3.8) is 0 Å². The van der Waals surface area contributed by atoms with Crippen molar-refractivity contribution in [1.29, 1.82) is 0 Å². The maximum absolute atomic E-state index is 5.89. The van der Waals surface area contributed by atoms with Crippen LogP contribution in [0.25, 0.3) is 0 Å². The zero-order valence-corrected chi connectivity index (χ0v) is 12.9. The summed E-state index contributed by atoms with van der Waals surface area (Å²) in [5.41, 5.74) is 1.13. The second-order valence-electron chi connectivity index (χ2n) is 5.53. The Balaban J connectivity index is 1.52. The number of thiol groups is 1. The van der Waals surface area contributed by atoms with Crippen LogP contribution in [0.5, 0.6) is 0 Å². The van der Waals surface area contributed by atoms with Gasteiger partial charge in [-0.3, -0.25) is 0 Å². The van der Waals surface area contributed by atoms with E-state index in [-0.39, 0.29) is 11.4 Å². The Labute approximate surface area is 129 Å². The van der Waals surface area contributed by atoms with E-state index in [0.717, 1.165) is 42.7 Å². The van der Waals surface area contributed by atoms with Gasteiger partial charge in [0.2, 0.25) is 5.79 Å². The molecule has 1 aliphatic carbocycles. The molecule has 1 heterocycles. The van der Waals surface area contributed by atoms with Crippen molar-refractivity contribution < 1.29 is 14.5 Å². The van der Waals surface area contributed by atoms with Crippen molar-refractivity contribution in [2.75, 3.05) is 6.61 Å². The van der Waals surface area contributed by atoms with Crippen LogP contribution in [0.4, 0.5) is 0 Å². The first-order valence-electron chi connectivity index (χ1n) is 7.09.